The number of nitrogens with two attached hydrogens (primary N) is 1. The number of aromatic nitrogens is 8. The Labute approximate surface area is 220 Å². The number of carboxylic acids is 1. The van der Waals surface area contributed by atoms with Gasteiger partial charge in [-0.25, -0.2) is 24.4 Å². The molecule has 2 unspecified atom stereocenters. The van der Waals surface area contributed by atoms with Crippen molar-refractivity contribution in [1.82, 2.24) is 39.7 Å². The molecule has 0 fully saturated rings. The van der Waals surface area contributed by atoms with Crippen LogP contribution in [-0.4, -0.2) is 68.8 Å². The predicted octanol–water partition coefficient (Wildman–Crippen LogP) is 2.55. The fourth-order valence-corrected chi connectivity index (χ4v) is 4.27. The van der Waals surface area contributed by atoms with Gasteiger partial charge in [-0.1, -0.05) is 0 Å². The predicted molar refractivity (Wildman–Crippen MR) is 126 cm³/mol. The molecule has 1 aliphatic rings. The molecule has 0 spiro atoms. The van der Waals surface area contributed by atoms with Gasteiger partial charge in [-0.3, -0.25) is 4.79 Å². The van der Waals surface area contributed by atoms with Crippen LogP contribution in [0.5, 0.6) is 0 Å². The van der Waals surface area contributed by atoms with E-state index in [1.807, 2.05) is 0 Å². The lowest BCUT2D eigenvalue weighted by Crippen LogP contribution is -2.37. The van der Waals surface area contributed by atoms with Gasteiger partial charge in [-0.05, 0) is 26.0 Å². The van der Waals surface area contributed by atoms with Crippen molar-refractivity contribution in [3.63, 3.8) is 0 Å². The Hall–Kier alpha value is -4.77. The average molecular weight is 566 g/mol. The van der Waals surface area contributed by atoms with Crippen LogP contribution in [-0.2, 0) is 21.5 Å². The number of rotatable bonds is 7. The first kappa shape index (κ1) is 26.8. The maximum Gasteiger partial charge on any atom is 0.453 e. The number of hydrogen-bond donors (Lipinski definition) is 3. The number of nitrogens with zero attached hydrogens (tertiary/aromatic N) is 8. The van der Waals surface area contributed by atoms with E-state index in [0.717, 1.165) is 9.48 Å². The second kappa shape index (κ2) is 8.88. The van der Waals surface area contributed by atoms with Gasteiger partial charge in [0.1, 0.15) is 28.4 Å². The second-order valence-corrected chi connectivity index (χ2v) is 9.20. The molecule has 1 aliphatic heterocycles. The molecule has 40 heavy (non-hydrogen) atoms. The summed E-state index contributed by atoms with van der Waals surface area (Å²) in [6, 6.07) is 1.88. The molecule has 0 bridgehead atoms. The van der Waals surface area contributed by atoms with Crippen molar-refractivity contribution in [2.45, 2.75) is 50.4 Å². The molecule has 2 atom stereocenters. The van der Waals surface area contributed by atoms with Crippen molar-refractivity contribution in [3.05, 3.63) is 35.8 Å². The molecule has 4 aromatic heterocycles. The third-order valence-corrected chi connectivity index (χ3v) is 6.62. The van der Waals surface area contributed by atoms with Crippen molar-refractivity contribution in [1.29, 1.82) is 0 Å². The van der Waals surface area contributed by atoms with Gasteiger partial charge in [0, 0.05) is 19.2 Å². The van der Waals surface area contributed by atoms with Gasteiger partial charge in [-0.2, -0.15) is 42.0 Å². The summed E-state index contributed by atoms with van der Waals surface area (Å²) < 4.78 is 66.1. The Morgan fingerprint density at radius 3 is 2.62 bits per heavy atom. The van der Waals surface area contributed by atoms with E-state index in [-0.39, 0.29) is 45.4 Å². The number of nitrogen functional groups attached to an aromatic ring is 1. The highest BCUT2D eigenvalue weighted by Crippen LogP contribution is 2.44. The van der Waals surface area contributed by atoms with E-state index in [1.165, 1.54) is 38.4 Å². The molecule has 0 radical (unpaired) electrons. The highest BCUT2D eigenvalue weighted by molar-refractivity contribution is 6.09. The van der Waals surface area contributed by atoms with E-state index in [2.05, 4.69) is 35.6 Å². The zero-order chi connectivity index (χ0) is 29.2. The number of alkyl halides is 5. The molecule has 4 aromatic rings. The molecule has 1 amide bonds. The van der Waals surface area contributed by atoms with Gasteiger partial charge < -0.3 is 16.2 Å². The van der Waals surface area contributed by atoms with Crippen molar-refractivity contribution < 1.29 is 36.6 Å². The highest BCUT2D eigenvalue weighted by atomic mass is 19.4. The Bertz CT molecular complexity index is 1670. The number of aliphatic carboxylic acids is 1. The standard InChI is InChI=1S/C22H19F5N10O3/c1-9(18(38)39)37-30-8-11(34-37)20(2)12-14(28)31-16(32-15(12)33-19(20)40)13-10-4-3-6-29-17(10)36(35-13)7-5-21(23,24)22(25,26)27/h3-4,6,8-9H,5,7H2,1-2H3,(H,38,39)(H3,28,31,32,33,40). The summed E-state index contributed by atoms with van der Waals surface area (Å²) in [6.07, 6.45) is -4.77. The molecule has 0 aliphatic carbocycles. The minimum absolute atomic E-state index is 0.0104. The maximum atomic E-state index is 13.6. The Kier molecular flexibility index (Phi) is 5.96. The summed E-state index contributed by atoms with van der Waals surface area (Å²) in [7, 11) is 0. The first-order valence-electron chi connectivity index (χ1n) is 11.6. The molecular formula is C22H19F5N10O3. The lowest BCUT2D eigenvalue weighted by atomic mass is 9.81. The van der Waals surface area contributed by atoms with Gasteiger partial charge in [0.15, 0.2) is 17.5 Å². The van der Waals surface area contributed by atoms with Crippen LogP contribution in [0.4, 0.5) is 33.6 Å². The Morgan fingerprint density at radius 1 is 1.23 bits per heavy atom. The quantitative estimate of drug-likeness (QED) is 0.281. The van der Waals surface area contributed by atoms with Crippen LogP contribution in [0.3, 0.4) is 0 Å². The van der Waals surface area contributed by atoms with E-state index in [4.69, 9.17) is 5.73 Å². The molecule has 0 aromatic carbocycles. The monoisotopic (exact) mass is 566 g/mol. The first-order valence-corrected chi connectivity index (χ1v) is 11.6. The molecule has 5 rings (SSSR count). The summed E-state index contributed by atoms with van der Waals surface area (Å²) in [6.45, 7) is 2.01. The van der Waals surface area contributed by atoms with E-state index in [9.17, 15) is 36.6 Å². The number of carboxylic acid groups (broad SMARTS) is 1. The normalized spacial score (nSPS) is 18.1. The summed E-state index contributed by atoms with van der Waals surface area (Å²) in [4.78, 5) is 38.0. The number of halogens is 5. The summed E-state index contributed by atoms with van der Waals surface area (Å²) in [5.74, 6) is -7.11. The minimum atomic E-state index is -5.73. The second-order valence-electron chi connectivity index (χ2n) is 9.20. The van der Waals surface area contributed by atoms with E-state index in [0.29, 0.717) is 0 Å². The van der Waals surface area contributed by atoms with Gasteiger partial charge in [0.2, 0.25) is 5.91 Å². The number of fused-ring (bicyclic) bond motifs is 2. The molecule has 210 valence electrons. The first-order chi connectivity index (χ1) is 18.6. The Morgan fingerprint density at radius 2 is 1.95 bits per heavy atom. The fraction of sp³-hybridized carbons (Fsp3) is 0.364. The minimum Gasteiger partial charge on any atom is -0.480 e. The number of carbonyl (C=O) groups is 2. The van der Waals surface area contributed by atoms with Gasteiger partial charge >= 0.3 is 18.1 Å². The topological polar surface area (TPSA) is 180 Å². The lowest BCUT2D eigenvalue weighted by molar-refractivity contribution is -0.285. The number of nitrogens with one attached hydrogen (secondary N) is 1. The number of aryl methyl sites for hydroxylation is 1. The van der Waals surface area contributed by atoms with Crippen LogP contribution in [0.15, 0.2) is 24.5 Å². The molecule has 18 heteroatoms. The third-order valence-electron chi connectivity index (χ3n) is 6.62. The number of hydrogen-bond acceptors (Lipinski definition) is 9. The summed E-state index contributed by atoms with van der Waals surface area (Å²) >= 11 is 0. The van der Waals surface area contributed by atoms with E-state index < -0.39 is 48.4 Å². The van der Waals surface area contributed by atoms with Gasteiger partial charge in [0.25, 0.3) is 0 Å². The molecule has 13 nitrogen and oxygen atoms in total. The molecule has 0 saturated heterocycles. The molecule has 4 N–H and O–H groups in total. The zero-order valence-electron chi connectivity index (χ0n) is 20.6. The van der Waals surface area contributed by atoms with Crippen molar-refractivity contribution in [3.8, 4) is 11.5 Å². The van der Waals surface area contributed by atoms with E-state index >= 15 is 0 Å². The molecule has 5 heterocycles. The largest absolute Gasteiger partial charge is 0.480 e. The van der Waals surface area contributed by atoms with Gasteiger partial charge in [0.05, 0.1) is 17.1 Å². The average Bonchev–Trinajstić information content (AvgIpc) is 3.57. The molecular weight excluding hydrogens is 547 g/mol. The number of amides is 1. The smallest absolute Gasteiger partial charge is 0.453 e. The van der Waals surface area contributed by atoms with Gasteiger partial charge in [-0.15, -0.1) is 0 Å². The maximum absolute atomic E-state index is 13.6. The fourth-order valence-electron chi connectivity index (χ4n) is 4.27. The Balaban J connectivity index is 1.56. The van der Waals surface area contributed by atoms with Crippen LogP contribution in [0.2, 0.25) is 0 Å². The third kappa shape index (κ3) is 4.06. The summed E-state index contributed by atoms with van der Waals surface area (Å²) in [5, 5.41) is 24.3. The summed E-state index contributed by atoms with van der Waals surface area (Å²) in [5.41, 5.74) is 4.89. The number of anilines is 2. The van der Waals surface area contributed by atoms with Crippen LogP contribution >= 0.6 is 0 Å². The molecule has 0 saturated carbocycles. The van der Waals surface area contributed by atoms with Crippen molar-refractivity contribution in [2.24, 2.45) is 0 Å². The number of carbonyl (C=O) groups excluding carboxylic acids is 1. The van der Waals surface area contributed by atoms with Crippen molar-refractivity contribution >= 4 is 34.5 Å². The van der Waals surface area contributed by atoms with Crippen LogP contribution in [0.1, 0.15) is 37.6 Å². The number of pyridine rings is 1. The van der Waals surface area contributed by atoms with Crippen molar-refractivity contribution in [2.75, 3.05) is 11.1 Å². The zero-order valence-corrected chi connectivity index (χ0v) is 20.6. The lowest BCUT2D eigenvalue weighted by Gasteiger charge is -2.20. The van der Waals surface area contributed by atoms with Crippen LogP contribution < -0.4 is 11.1 Å². The SMILES string of the molecule is CC(C(=O)O)n1ncc(C2(C)C(=O)Nc3nc(-c4nn(CCC(F)(F)C(F)(F)F)c5ncccc45)nc(N)c32)n1. The van der Waals surface area contributed by atoms with E-state index in [1.54, 1.807) is 0 Å². The van der Waals surface area contributed by atoms with Crippen LogP contribution in [0.25, 0.3) is 22.6 Å². The van der Waals surface area contributed by atoms with Crippen LogP contribution in [0, 0.1) is 0 Å². The highest BCUT2D eigenvalue weighted by Gasteiger charge is 2.57.